The van der Waals surface area contributed by atoms with Crippen molar-refractivity contribution < 1.29 is 0 Å². The number of aromatic nitrogens is 3. The van der Waals surface area contributed by atoms with Gasteiger partial charge in [-0.2, -0.15) is 0 Å². The second-order valence-electron chi connectivity index (χ2n) is 10.9. The van der Waals surface area contributed by atoms with Crippen LogP contribution in [0.3, 0.4) is 0 Å². The standard InChI is InChI=1S/C41H29N5/c42-36(30-13-4-1-5-14-30)26-27-37(43)31-22-20-29(21-23-31)35-25-24-28-12-10-11-19-34(28)38(35)41-45-39(32-15-6-2-7-16-32)44-40(46-41)33-17-8-3-9-18-33/h1-27,42-43H/b27-26-,42-36?,43-37?. The van der Waals surface area contributed by atoms with Crippen LogP contribution in [0.1, 0.15) is 11.1 Å². The Morgan fingerprint density at radius 3 is 1.48 bits per heavy atom. The fourth-order valence-corrected chi connectivity index (χ4v) is 5.48. The Morgan fingerprint density at radius 1 is 0.413 bits per heavy atom. The van der Waals surface area contributed by atoms with Crippen molar-refractivity contribution in [3.63, 3.8) is 0 Å². The van der Waals surface area contributed by atoms with E-state index in [4.69, 9.17) is 25.8 Å². The van der Waals surface area contributed by atoms with Crippen molar-refractivity contribution in [3.05, 3.63) is 175 Å². The molecule has 46 heavy (non-hydrogen) atoms. The SMILES string of the molecule is N=C(/C=C\C(=N)c1ccc(-c2ccc3ccccc3c2-c2nc(-c3ccccc3)nc(-c3ccccc3)n2)cc1)c1ccccc1. The molecule has 2 N–H and O–H groups in total. The van der Waals surface area contributed by atoms with Gasteiger partial charge in [0.05, 0.1) is 11.4 Å². The van der Waals surface area contributed by atoms with E-state index < -0.39 is 0 Å². The topological polar surface area (TPSA) is 86.4 Å². The summed E-state index contributed by atoms with van der Waals surface area (Å²) in [6.07, 6.45) is 3.34. The van der Waals surface area contributed by atoms with Gasteiger partial charge in [-0.3, -0.25) is 0 Å². The molecule has 0 fully saturated rings. The van der Waals surface area contributed by atoms with Crippen molar-refractivity contribution in [2.45, 2.75) is 0 Å². The fourth-order valence-electron chi connectivity index (χ4n) is 5.48. The van der Waals surface area contributed by atoms with E-state index in [2.05, 4.69) is 24.3 Å². The third kappa shape index (κ3) is 5.90. The minimum absolute atomic E-state index is 0.337. The number of rotatable bonds is 8. The molecule has 0 radical (unpaired) electrons. The maximum absolute atomic E-state index is 8.65. The molecule has 7 rings (SSSR count). The summed E-state index contributed by atoms with van der Waals surface area (Å²) >= 11 is 0. The van der Waals surface area contributed by atoms with E-state index in [1.165, 1.54) is 0 Å². The van der Waals surface area contributed by atoms with E-state index in [0.29, 0.717) is 28.9 Å². The van der Waals surface area contributed by atoms with Crippen LogP contribution in [0.4, 0.5) is 0 Å². The van der Waals surface area contributed by atoms with E-state index in [9.17, 15) is 0 Å². The van der Waals surface area contributed by atoms with Gasteiger partial charge in [-0.25, -0.2) is 15.0 Å². The smallest absolute Gasteiger partial charge is 0.165 e. The molecule has 5 nitrogen and oxygen atoms in total. The van der Waals surface area contributed by atoms with Gasteiger partial charge in [0, 0.05) is 16.7 Å². The van der Waals surface area contributed by atoms with E-state index >= 15 is 0 Å². The Bertz CT molecular complexity index is 2150. The van der Waals surface area contributed by atoms with Crippen LogP contribution in [0.15, 0.2) is 164 Å². The Morgan fingerprint density at radius 2 is 0.891 bits per heavy atom. The summed E-state index contributed by atoms with van der Waals surface area (Å²) in [6.45, 7) is 0. The third-order valence-electron chi connectivity index (χ3n) is 7.86. The molecule has 218 valence electrons. The molecule has 0 saturated heterocycles. The van der Waals surface area contributed by atoms with Crippen LogP contribution in [-0.4, -0.2) is 26.4 Å². The number of nitrogens with zero attached hydrogens (tertiary/aromatic N) is 3. The van der Waals surface area contributed by atoms with Gasteiger partial charge in [-0.1, -0.05) is 152 Å². The molecule has 0 aliphatic heterocycles. The molecule has 5 heteroatoms. The van der Waals surface area contributed by atoms with Gasteiger partial charge in [0.2, 0.25) is 0 Å². The van der Waals surface area contributed by atoms with Gasteiger partial charge in [-0.05, 0) is 45.2 Å². The van der Waals surface area contributed by atoms with Crippen LogP contribution >= 0.6 is 0 Å². The van der Waals surface area contributed by atoms with Crippen LogP contribution in [0.25, 0.3) is 56.1 Å². The molecule has 1 heterocycles. The number of fused-ring (bicyclic) bond motifs is 1. The number of allylic oxidation sites excluding steroid dienone is 2. The molecule has 0 unspecified atom stereocenters. The van der Waals surface area contributed by atoms with Crippen LogP contribution in [0.5, 0.6) is 0 Å². The highest BCUT2D eigenvalue weighted by molar-refractivity contribution is 6.14. The lowest BCUT2D eigenvalue weighted by atomic mass is 9.92. The summed E-state index contributed by atoms with van der Waals surface area (Å²) in [5.74, 6) is 1.82. The number of hydrogen-bond donors (Lipinski definition) is 2. The molecule has 1 aromatic heterocycles. The predicted molar refractivity (Wildman–Crippen MR) is 188 cm³/mol. The molecule has 0 amide bonds. The highest BCUT2D eigenvalue weighted by atomic mass is 15.0. The average Bonchev–Trinajstić information content (AvgIpc) is 3.14. The zero-order valence-electron chi connectivity index (χ0n) is 24.9. The molecule has 0 spiro atoms. The summed E-state index contributed by atoms with van der Waals surface area (Å²) in [4.78, 5) is 15.0. The maximum Gasteiger partial charge on any atom is 0.165 e. The lowest BCUT2D eigenvalue weighted by molar-refractivity contribution is 1.08. The van der Waals surface area contributed by atoms with Crippen LogP contribution < -0.4 is 0 Å². The largest absolute Gasteiger partial charge is 0.300 e. The second-order valence-corrected chi connectivity index (χ2v) is 10.9. The van der Waals surface area contributed by atoms with E-state index in [1.54, 1.807) is 12.2 Å². The first-order chi connectivity index (χ1) is 22.6. The van der Waals surface area contributed by atoms with Gasteiger partial charge in [0.1, 0.15) is 0 Å². The van der Waals surface area contributed by atoms with Gasteiger partial charge in [-0.15, -0.1) is 0 Å². The van der Waals surface area contributed by atoms with Gasteiger partial charge >= 0.3 is 0 Å². The highest BCUT2D eigenvalue weighted by Gasteiger charge is 2.18. The number of nitrogens with one attached hydrogen (secondary N) is 2. The Labute approximate surface area is 267 Å². The molecule has 0 aliphatic carbocycles. The molecule has 7 aromatic rings. The summed E-state index contributed by atoms with van der Waals surface area (Å²) in [5.41, 5.74) is 7.02. The molecule has 6 aromatic carbocycles. The summed E-state index contributed by atoms with van der Waals surface area (Å²) < 4.78 is 0. The first-order valence-electron chi connectivity index (χ1n) is 15.0. The highest BCUT2D eigenvalue weighted by Crippen LogP contribution is 2.38. The van der Waals surface area contributed by atoms with Crippen molar-refractivity contribution in [3.8, 4) is 45.3 Å². The van der Waals surface area contributed by atoms with Crippen molar-refractivity contribution >= 4 is 22.2 Å². The van der Waals surface area contributed by atoms with Gasteiger partial charge in [0.25, 0.3) is 0 Å². The fraction of sp³-hybridized carbons (Fsp3) is 0. The monoisotopic (exact) mass is 591 g/mol. The average molecular weight is 592 g/mol. The predicted octanol–water partition coefficient (Wildman–Crippen LogP) is 9.68. The van der Waals surface area contributed by atoms with E-state index in [1.807, 2.05) is 127 Å². The van der Waals surface area contributed by atoms with Gasteiger partial charge in [0.15, 0.2) is 17.5 Å². The maximum atomic E-state index is 8.65. The molecular formula is C41H29N5. The van der Waals surface area contributed by atoms with Crippen LogP contribution in [-0.2, 0) is 0 Å². The van der Waals surface area contributed by atoms with E-state index in [0.717, 1.165) is 49.7 Å². The molecule has 0 atom stereocenters. The Balaban J connectivity index is 1.32. The molecule has 0 aliphatic rings. The molecule has 0 bridgehead atoms. The number of benzene rings is 6. The first kappa shape index (κ1) is 28.4. The molecule has 0 saturated carbocycles. The van der Waals surface area contributed by atoms with Crippen molar-refractivity contribution in [2.24, 2.45) is 0 Å². The lowest BCUT2D eigenvalue weighted by Crippen LogP contribution is -2.02. The zero-order chi connectivity index (χ0) is 31.3. The summed E-state index contributed by atoms with van der Waals surface area (Å²) in [5, 5.41) is 19.1. The van der Waals surface area contributed by atoms with Crippen molar-refractivity contribution in [1.29, 1.82) is 10.8 Å². The summed E-state index contributed by atoms with van der Waals surface area (Å²) in [7, 11) is 0. The van der Waals surface area contributed by atoms with E-state index in [-0.39, 0.29) is 0 Å². The minimum Gasteiger partial charge on any atom is -0.300 e. The van der Waals surface area contributed by atoms with Gasteiger partial charge < -0.3 is 10.8 Å². The quantitative estimate of drug-likeness (QED) is 0.173. The normalized spacial score (nSPS) is 11.1. The Kier molecular flexibility index (Phi) is 7.87. The van der Waals surface area contributed by atoms with Crippen LogP contribution in [0, 0.1) is 10.8 Å². The van der Waals surface area contributed by atoms with Crippen molar-refractivity contribution in [2.75, 3.05) is 0 Å². The third-order valence-corrected chi connectivity index (χ3v) is 7.86. The first-order valence-corrected chi connectivity index (χ1v) is 15.0. The molecular weight excluding hydrogens is 562 g/mol. The van der Waals surface area contributed by atoms with Crippen molar-refractivity contribution in [1.82, 2.24) is 15.0 Å². The second kappa shape index (κ2) is 12.7. The minimum atomic E-state index is 0.337. The zero-order valence-corrected chi connectivity index (χ0v) is 24.9. The lowest BCUT2D eigenvalue weighted by Gasteiger charge is -2.15. The van der Waals surface area contributed by atoms with Crippen LogP contribution in [0.2, 0.25) is 0 Å². The Hall–Kier alpha value is -6.33. The number of hydrogen-bond acceptors (Lipinski definition) is 5. The summed E-state index contributed by atoms with van der Waals surface area (Å²) in [6, 6.07) is 50.0.